The second kappa shape index (κ2) is 11.6. The van der Waals surface area contributed by atoms with Gasteiger partial charge in [-0.15, -0.1) is 0 Å². The van der Waals surface area contributed by atoms with Gasteiger partial charge in [0, 0.05) is 27.8 Å². The molecule has 0 aliphatic carbocycles. The number of carbonyl (C=O) groups excluding carboxylic acids is 1. The van der Waals surface area contributed by atoms with Crippen LogP contribution in [0.25, 0.3) is 0 Å². The number of ether oxygens (including phenoxy) is 5. The van der Waals surface area contributed by atoms with Crippen molar-refractivity contribution < 1.29 is 38.4 Å². The lowest BCUT2D eigenvalue weighted by molar-refractivity contribution is -0.147. The standard InChI is InChI=1S/C28H28ClNO8/c1-34-17-12-11-16(22(13-17)36-3)15-30-20-9-6-8-19(29)25(20)27(38-23(28(30)33)14-24(31)32)18-7-5-10-21(35-2)26(18)37-4/h5-13,23,27H,14-15H2,1-4H3,(H,31,32). The summed E-state index contributed by atoms with van der Waals surface area (Å²) in [5.41, 5.74) is 2.19. The molecule has 1 amide bonds. The molecular formula is C28H28ClNO8. The van der Waals surface area contributed by atoms with Crippen LogP contribution in [0.5, 0.6) is 23.0 Å². The van der Waals surface area contributed by atoms with Crippen LogP contribution >= 0.6 is 11.6 Å². The number of anilines is 1. The van der Waals surface area contributed by atoms with Gasteiger partial charge in [0.1, 0.15) is 23.7 Å². The third kappa shape index (κ3) is 5.20. The van der Waals surface area contributed by atoms with Crippen molar-refractivity contribution in [3.8, 4) is 23.0 Å². The van der Waals surface area contributed by atoms with E-state index in [0.717, 1.165) is 0 Å². The molecular weight excluding hydrogens is 514 g/mol. The summed E-state index contributed by atoms with van der Waals surface area (Å²) in [4.78, 5) is 27.2. The van der Waals surface area contributed by atoms with Gasteiger partial charge >= 0.3 is 5.97 Å². The molecule has 38 heavy (non-hydrogen) atoms. The molecule has 200 valence electrons. The van der Waals surface area contributed by atoms with Crippen LogP contribution < -0.4 is 23.8 Å². The Morgan fingerprint density at radius 3 is 2.37 bits per heavy atom. The summed E-state index contributed by atoms with van der Waals surface area (Å²) in [7, 11) is 6.07. The van der Waals surface area contributed by atoms with Gasteiger partial charge in [0.15, 0.2) is 11.5 Å². The minimum absolute atomic E-state index is 0.0702. The van der Waals surface area contributed by atoms with Crippen molar-refractivity contribution in [3.05, 3.63) is 76.3 Å². The third-order valence-corrected chi connectivity index (χ3v) is 6.65. The highest BCUT2D eigenvalue weighted by Crippen LogP contribution is 2.47. The maximum atomic E-state index is 13.9. The van der Waals surface area contributed by atoms with Crippen molar-refractivity contribution in [2.24, 2.45) is 0 Å². The van der Waals surface area contributed by atoms with Gasteiger partial charge < -0.3 is 33.7 Å². The van der Waals surface area contributed by atoms with Crippen molar-refractivity contribution in [1.82, 2.24) is 0 Å². The van der Waals surface area contributed by atoms with E-state index in [0.29, 0.717) is 50.4 Å². The van der Waals surface area contributed by atoms with Crippen LogP contribution in [0, 0.1) is 0 Å². The van der Waals surface area contributed by atoms with E-state index in [2.05, 4.69) is 0 Å². The van der Waals surface area contributed by atoms with E-state index < -0.39 is 30.5 Å². The molecule has 0 fully saturated rings. The third-order valence-electron chi connectivity index (χ3n) is 6.32. The van der Waals surface area contributed by atoms with Gasteiger partial charge in [-0.25, -0.2) is 0 Å². The Morgan fingerprint density at radius 1 is 0.974 bits per heavy atom. The molecule has 2 unspecified atom stereocenters. The van der Waals surface area contributed by atoms with E-state index in [1.807, 2.05) is 0 Å². The number of amides is 1. The Kier molecular flexibility index (Phi) is 8.29. The minimum atomic E-state index is -1.32. The van der Waals surface area contributed by atoms with Crippen molar-refractivity contribution in [2.75, 3.05) is 33.3 Å². The number of carboxylic acids is 1. The zero-order valence-electron chi connectivity index (χ0n) is 21.4. The van der Waals surface area contributed by atoms with Crippen LogP contribution in [-0.4, -0.2) is 51.5 Å². The largest absolute Gasteiger partial charge is 0.497 e. The Bertz CT molecular complexity index is 1340. The Morgan fingerprint density at radius 2 is 1.71 bits per heavy atom. The predicted octanol–water partition coefficient (Wildman–Crippen LogP) is 4.87. The number of methoxy groups -OCH3 is 4. The first-order chi connectivity index (χ1) is 18.3. The summed E-state index contributed by atoms with van der Waals surface area (Å²) < 4.78 is 28.2. The molecule has 0 radical (unpaired) electrons. The quantitative estimate of drug-likeness (QED) is 0.409. The summed E-state index contributed by atoms with van der Waals surface area (Å²) >= 11 is 6.75. The summed E-state index contributed by atoms with van der Waals surface area (Å²) in [6.07, 6.45) is -2.80. The topological polar surface area (TPSA) is 104 Å². The minimum Gasteiger partial charge on any atom is -0.497 e. The highest BCUT2D eigenvalue weighted by molar-refractivity contribution is 6.32. The lowest BCUT2D eigenvalue weighted by Crippen LogP contribution is -2.40. The zero-order chi connectivity index (χ0) is 27.4. The van der Waals surface area contributed by atoms with Gasteiger partial charge in [-0.2, -0.15) is 0 Å². The van der Waals surface area contributed by atoms with Gasteiger partial charge in [-0.05, 0) is 30.3 Å². The molecule has 4 rings (SSSR count). The monoisotopic (exact) mass is 541 g/mol. The highest BCUT2D eigenvalue weighted by Gasteiger charge is 2.40. The number of carbonyl (C=O) groups is 2. The van der Waals surface area contributed by atoms with Crippen LogP contribution in [0.4, 0.5) is 5.69 Å². The van der Waals surface area contributed by atoms with Gasteiger partial charge in [0.05, 0.1) is 47.1 Å². The first-order valence-corrected chi connectivity index (χ1v) is 12.1. The SMILES string of the molecule is COc1ccc(CN2C(=O)C(CC(=O)O)OC(c3cccc(OC)c3OC)c3c(Cl)cccc32)c(OC)c1. The Labute approximate surface area is 225 Å². The van der Waals surface area contributed by atoms with E-state index >= 15 is 0 Å². The predicted molar refractivity (Wildman–Crippen MR) is 141 cm³/mol. The fraction of sp³-hybridized carbons (Fsp3) is 0.286. The second-order valence-corrected chi connectivity index (χ2v) is 8.87. The smallest absolute Gasteiger partial charge is 0.306 e. The average molecular weight is 542 g/mol. The number of carboxylic acid groups (broad SMARTS) is 1. The van der Waals surface area contributed by atoms with Gasteiger partial charge in [-0.3, -0.25) is 9.59 Å². The van der Waals surface area contributed by atoms with Crippen LogP contribution in [-0.2, 0) is 20.9 Å². The molecule has 10 heteroatoms. The molecule has 1 N–H and O–H groups in total. The number of para-hydroxylation sites is 1. The normalized spacial score (nSPS) is 16.9. The molecule has 9 nitrogen and oxygen atoms in total. The molecule has 0 aromatic heterocycles. The van der Waals surface area contributed by atoms with Gasteiger partial charge in [0.2, 0.25) is 0 Å². The van der Waals surface area contributed by atoms with E-state index in [9.17, 15) is 14.7 Å². The fourth-order valence-corrected chi connectivity index (χ4v) is 4.83. The number of hydrogen-bond acceptors (Lipinski definition) is 7. The van der Waals surface area contributed by atoms with Crippen LogP contribution in [0.2, 0.25) is 5.02 Å². The number of halogens is 1. The van der Waals surface area contributed by atoms with E-state index in [1.165, 1.54) is 26.2 Å². The number of benzene rings is 3. The van der Waals surface area contributed by atoms with E-state index in [1.54, 1.807) is 61.7 Å². The molecule has 1 heterocycles. The van der Waals surface area contributed by atoms with E-state index in [-0.39, 0.29) is 6.54 Å². The molecule has 0 saturated heterocycles. The van der Waals surface area contributed by atoms with E-state index in [4.69, 9.17) is 35.3 Å². The molecule has 0 spiro atoms. The number of hydrogen-bond donors (Lipinski definition) is 1. The summed E-state index contributed by atoms with van der Waals surface area (Å²) in [6, 6.07) is 15.7. The van der Waals surface area contributed by atoms with Crippen molar-refractivity contribution >= 4 is 29.2 Å². The number of rotatable bonds is 9. The van der Waals surface area contributed by atoms with Crippen LogP contribution in [0.1, 0.15) is 29.2 Å². The summed E-state index contributed by atoms with van der Waals surface area (Å²) in [5.74, 6) is 0.224. The molecule has 0 bridgehead atoms. The van der Waals surface area contributed by atoms with Gasteiger partial charge in [-0.1, -0.05) is 29.8 Å². The zero-order valence-corrected chi connectivity index (χ0v) is 22.2. The molecule has 1 aliphatic rings. The number of aliphatic carboxylic acids is 1. The number of fused-ring (bicyclic) bond motifs is 1. The number of nitrogens with zero attached hydrogens (tertiary/aromatic N) is 1. The highest BCUT2D eigenvalue weighted by atomic mass is 35.5. The van der Waals surface area contributed by atoms with Crippen molar-refractivity contribution in [2.45, 2.75) is 25.2 Å². The molecule has 3 aromatic carbocycles. The van der Waals surface area contributed by atoms with Crippen molar-refractivity contribution in [1.29, 1.82) is 0 Å². The van der Waals surface area contributed by atoms with Crippen molar-refractivity contribution in [3.63, 3.8) is 0 Å². The average Bonchev–Trinajstić information content (AvgIpc) is 3.03. The molecule has 2 atom stereocenters. The van der Waals surface area contributed by atoms with Crippen LogP contribution in [0.3, 0.4) is 0 Å². The maximum Gasteiger partial charge on any atom is 0.306 e. The maximum absolute atomic E-state index is 13.9. The summed E-state index contributed by atoms with van der Waals surface area (Å²) in [6.45, 7) is 0.0702. The van der Waals surface area contributed by atoms with Crippen LogP contribution in [0.15, 0.2) is 54.6 Å². The molecule has 3 aromatic rings. The fourth-order valence-electron chi connectivity index (χ4n) is 4.56. The lowest BCUT2D eigenvalue weighted by atomic mass is 9.97. The lowest BCUT2D eigenvalue weighted by Gasteiger charge is -2.26. The van der Waals surface area contributed by atoms with Gasteiger partial charge in [0.25, 0.3) is 5.91 Å². The Balaban J connectivity index is 1.92. The molecule has 0 saturated carbocycles. The molecule has 1 aliphatic heterocycles. The first kappa shape index (κ1) is 27.1. The Hall–Kier alpha value is -3.95. The first-order valence-electron chi connectivity index (χ1n) is 11.7. The second-order valence-electron chi connectivity index (χ2n) is 8.46. The summed E-state index contributed by atoms with van der Waals surface area (Å²) in [5, 5.41) is 9.99.